The van der Waals surface area contributed by atoms with Gasteiger partial charge in [0.25, 0.3) is 5.91 Å². The van der Waals surface area contributed by atoms with E-state index in [9.17, 15) is 9.90 Å². The third-order valence-corrected chi connectivity index (χ3v) is 6.63. The molecule has 3 unspecified atom stereocenters. The first-order chi connectivity index (χ1) is 15.4. The number of rotatable bonds is 5. The van der Waals surface area contributed by atoms with E-state index >= 15 is 0 Å². The highest BCUT2D eigenvalue weighted by atomic mass is 16.3. The third kappa shape index (κ3) is 3.95. The monoisotopic (exact) mass is 438 g/mol. The second-order valence-electron chi connectivity index (χ2n) is 9.01. The third-order valence-electron chi connectivity index (χ3n) is 6.63. The summed E-state index contributed by atoms with van der Waals surface area (Å²) in [4.78, 5) is 23.1. The van der Waals surface area contributed by atoms with Crippen LogP contribution in [0.5, 0.6) is 0 Å². The minimum Gasteiger partial charge on any atom is -0.371 e. The molecule has 1 saturated heterocycles. The zero-order valence-corrected chi connectivity index (χ0v) is 18.7. The highest BCUT2D eigenvalue weighted by Crippen LogP contribution is 2.41. The predicted octanol–water partition coefficient (Wildman–Crippen LogP) is 0.565. The summed E-state index contributed by atoms with van der Waals surface area (Å²) >= 11 is 0. The molecule has 2 aromatic rings. The summed E-state index contributed by atoms with van der Waals surface area (Å²) in [5.74, 6) is 1.43. The van der Waals surface area contributed by atoms with E-state index in [0.29, 0.717) is 24.9 Å². The number of aromatic nitrogens is 4. The molecule has 2 aromatic heterocycles. The van der Waals surface area contributed by atoms with Crippen LogP contribution in [0.4, 0.5) is 0 Å². The Labute approximate surface area is 187 Å². The Balaban J connectivity index is 1.25. The molecule has 32 heavy (non-hydrogen) atoms. The van der Waals surface area contributed by atoms with Crippen LogP contribution >= 0.6 is 0 Å². The molecule has 1 aliphatic carbocycles. The minimum atomic E-state index is -0.830. The number of aliphatic hydroxyl groups excluding tert-OH is 1. The summed E-state index contributed by atoms with van der Waals surface area (Å²) in [7, 11) is 3.98. The van der Waals surface area contributed by atoms with Crippen LogP contribution < -0.4 is 5.32 Å². The lowest BCUT2D eigenvalue weighted by atomic mass is 10.1. The van der Waals surface area contributed by atoms with Gasteiger partial charge >= 0.3 is 0 Å². The number of likely N-dealkylation sites (N-methyl/N-ethyl adjacent to an activating group) is 2. The van der Waals surface area contributed by atoms with E-state index in [4.69, 9.17) is 0 Å². The van der Waals surface area contributed by atoms with Gasteiger partial charge in [-0.05, 0) is 55.9 Å². The number of hydrogen-bond donors (Lipinski definition) is 2. The quantitative estimate of drug-likeness (QED) is 0.698. The number of aliphatic hydroxyl groups is 1. The van der Waals surface area contributed by atoms with Crippen LogP contribution in [-0.2, 0) is 6.54 Å². The Hall–Kier alpha value is -2.98. The van der Waals surface area contributed by atoms with Crippen molar-refractivity contribution in [3.63, 3.8) is 0 Å². The van der Waals surface area contributed by atoms with E-state index in [1.807, 2.05) is 31.0 Å². The van der Waals surface area contributed by atoms with Gasteiger partial charge in [0.1, 0.15) is 18.4 Å². The van der Waals surface area contributed by atoms with Gasteiger partial charge in [-0.1, -0.05) is 0 Å². The average molecular weight is 439 g/mol. The summed E-state index contributed by atoms with van der Waals surface area (Å²) in [6.07, 6.45) is 7.86. The second kappa shape index (κ2) is 8.18. The number of nitrogens with one attached hydrogen (secondary N) is 1. The van der Waals surface area contributed by atoms with Gasteiger partial charge in [0.2, 0.25) is 5.82 Å². The van der Waals surface area contributed by atoms with Gasteiger partial charge < -0.3 is 15.3 Å². The van der Waals surface area contributed by atoms with Crippen molar-refractivity contribution in [1.82, 2.24) is 40.0 Å². The fraction of sp³-hybridized carbons (Fsp3) is 0.545. The Morgan fingerprint density at radius 2 is 2.06 bits per heavy atom. The first-order valence-corrected chi connectivity index (χ1v) is 11.2. The predicted molar refractivity (Wildman–Crippen MR) is 117 cm³/mol. The van der Waals surface area contributed by atoms with Crippen molar-refractivity contribution in [2.45, 2.75) is 51.0 Å². The molecule has 0 radical (unpaired) electrons. The number of hydrogen-bond acceptors (Lipinski definition) is 8. The topological polar surface area (TPSA) is 103 Å². The lowest BCUT2D eigenvalue weighted by molar-refractivity contribution is -0.0178. The summed E-state index contributed by atoms with van der Waals surface area (Å²) in [6.45, 7) is 3.17. The van der Waals surface area contributed by atoms with Crippen molar-refractivity contribution in [3.05, 3.63) is 53.6 Å². The molecule has 10 heteroatoms. The van der Waals surface area contributed by atoms with Crippen molar-refractivity contribution >= 4 is 5.91 Å². The van der Waals surface area contributed by atoms with Gasteiger partial charge in [-0.25, -0.2) is 14.7 Å². The maximum atomic E-state index is 12.8. The number of carbonyl (C=O) groups excluding carboxylic acids is 1. The van der Waals surface area contributed by atoms with Crippen LogP contribution in [0.25, 0.3) is 0 Å². The number of nitrogens with zero attached hydrogens (tertiary/aromatic N) is 7. The summed E-state index contributed by atoms with van der Waals surface area (Å²) in [5.41, 5.74) is 1.97. The van der Waals surface area contributed by atoms with Gasteiger partial charge in [-0.15, -0.1) is 5.10 Å². The molecular weight excluding hydrogens is 408 g/mol. The maximum Gasteiger partial charge on any atom is 0.291 e. The lowest BCUT2D eigenvalue weighted by Gasteiger charge is -2.34. The largest absolute Gasteiger partial charge is 0.371 e. The number of pyridine rings is 1. The molecule has 4 heterocycles. The second-order valence-corrected chi connectivity index (χ2v) is 9.01. The van der Waals surface area contributed by atoms with Crippen LogP contribution in [0.15, 0.2) is 36.6 Å². The van der Waals surface area contributed by atoms with Gasteiger partial charge in [0.15, 0.2) is 0 Å². The molecule has 1 amide bonds. The van der Waals surface area contributed by atoms with Gasteiger partial charge in [-0.2, -0.15) is 0 Å². The number of carbonyl (C=O) groups is 1. The van der Waals surface area contributed by atoms with Crippen molar-refractivity contribution < 1.29 is 9.90 Å². The molecule has 0 bridgehead atoms. The molecule has 170 valence electrons. The molecule has 3 atom stereocenters. The van der Waals surface area contributed by atoms with Crippen molar-refractivity contribution in [2.75, 3.05) is 20.6 Å². The minimum absolute atomic E-state index is 0.0977. The standard InChI is InChI=1S/C22H30N8O2/c1-14-10-15(6-8-23-14)12-29-13-24-20(26-29)21(31)25-17-7-9-30-19(27(2)22(17)32)11-18(28(30)3)16-4-5-16/h6,8,10-11,13,16-18,22,32H,4-5,7,9,12H2,1-3H3,(H,25,31). The normalized spacial score (nSPS) is 26.0. The Morgan fingerprint density at radius 3 is 2.81 bits per heavy atom. The molecule has 2 fully saturated rings. The maximum absolute atomic E-state index is 12.8. The molecule has 0 spiro atoms. The smallest absolute Gasteiger partial charge is 0.291 e. The van der Waals surface area contributed by atoms with E-state index in [1.165, 1.54) is 12.8 Å². The zero-order valence-electron chi connectivity index (χ0n) is 18.7. The first kappa shape index (κ1) is 20.9. The van der Waals surface area contributed by atoms with Gasteiger partial charge in [-0.3, -0.25) is 14.8 Å². The Morgan fingerprint density at radius 1 is 1.25 bits per heavy atom. The highest BCUT2D eigenvalue weighted by molar-refractivity contribution is 5.90. The Bertz CT molecular complexity index is 1030. The Kier molecular flexibility index (Phi) is 5.34. The molecular formula is C22H30N8O2. The van der Waals surface area contributed by atoms with Crippen LogP contribution in [0, 0.1) is 12.8 Å². The van der Waals surface area contributed by atoms with E-state index in [-0.39, 0.29) is 11.7 Å². The lowest BCUT2D eigenvalue weighted by Crippen LogP contribution is -2.49. The fourth-order valence-electron chi connectivity index (χ4n) is 4.68. The average Bonchev–Trinajstić information content (AvgIpc) is 3.43. The molecule has 2 N–H and O–H groups in total. The SMILES string of the molecule is Cc1cc(Cn2cnc(C(=O)NC3CCN4C(=CC(C5CC5)N4C)N(C)C3O)n2)ccn1. The number of hydrazine groups is 1. The molecule has 5 rings (SSSR count). The van der Waals surface area contributed by atoms with Crippen molar-refractivity contribution in [3.8, 4) is 0 Å². The van der Waals surface area contributed by atoms with Crippen LogP contribution in [0.2, 0.25) is 0 Å². The van der Waals surface area contributed by atoms with Crippen molar-refractivity contribution in [1.29, 1.82) is 0 Å². The molecule has 10 nitrogen and oxygen atoms in total. The first-order valence-electron chi connectivity index (χ1n) is 11.2. The van der Waals surface area contributed by atoms with E-state index in [2.05, 4.69) is 43.5 Å². The zero-order chi connectivity index (χ0) is 22.4. The summed E-state index contributed by atoms with van der Waals surface area (Å²) < 4.78 is 1.63. The molecule has 1 saturated carbocycles. The summed E-state index contributed by atoms with van der Waals surface area (Å²) in [5, 5.41) is 22.7. The number of amides is 1. The van der Waals surface area contributed by atoms with Gasteiger partial charge in [0, 0.05) is 32.5 Å². The number of aryl methyl sites for hydroxylation is 1. The number of fused-ring (bicyclic) bond motifs is 1. The van der Waals surface area contributed by atoms with Gasteiger partial charge in [0.05, 0.1) is 18.6 Å². The van der Waals surface area contributed by atoms with Crippen LogP contribution in [-0.4, -0.2) is 84.6 Å². The van der Waals surface area contributed by atoms with Crippen LogP contribution in [0.3, 0.4) is 0 Å². The van der Waals surface area contributed by atoms with E-state index in [1.54, 1.807) is 17.2 Å². The molecule has 3 aliphatic rings. The summed E-state index contributed by atoms with van der Waals surface area (Å²) in [6, 6.07) is 3.85. The fourth-order valence-corrected chi connectivity index (χ4v) is 4.68. The molecule has 2 aliphatic heterocycles. The van der Waals surface area contributed by atoms with Crippen molar-refractivity contribution in [2.24, 2.45) is 5.92 Å². The van der Waals surface area contributed by atoms with Crippen LogP contribution in [0.1, 0.15) is 41.1 Å². The molecule has 0 aromatic carbocycles. The highest BCUT2D eigenvalue weighted by Gasteiger charge is 2.43. The van der Waals surface area contributed by atoms with E-state index < -0.39 is 12.3 Å². The van der Waals surface area contributed by atoms with E-state index in [0.717, 1.165) is 23.6 Å².